The van der Waals surface area contributed by atoms with E-state index in [0.717, 1.165) is 5.56 Å². The lowest BCUT2D eigenvalue weighted by atomic mass is 10.1. The van der Waals surface area contributed by atoms with Gasteiger partial charge in [-0.3, -0.25) is 5.73 Å². The van der Waals surface area contributed by atoms with E-state index in [0.29, 0.717) is 6.61 Å². The van der Waals surface area contributed by atoms with Crippen LogP contribution in [0.3, 0.4) is 0 Å². The van der Waals surface area contributed by atoms with Gasteiger partial charge in [-0.25, -0.2) is 4.79 Å². The number of halogens is 3. The van der Waals surface area contributed by atoms with Crippen molar-refractivity contribution in [2.24, 2.45) is 5.73 Å². The van der Waals surface area contributed by atoms with Gasteiger partial charge in [-0.1, -0.05) is 65.1 Å². The smallest absolute Gasteiger partial charge is 0.333 e. The molecule has 10 heteroatoms. The molecular weight excluding hydrogens is 433 g/mol. The highest BCUT2D eigenvalue weighted by atomic mass is 35.6. The van der Waals surface area contributed by atoms with Gasteiger partial charge in [0.1, 0.15) is 19.0 Å². The molecule has 1 unspecified atom stereocenters. The SMILES string of the molecule is COC(=O)/C(C)=C/C1O[C@@](N)(C(Cl)(Cl)Cl)O[C@@H]1COCOCc1ccccc1. The van der Waals surface area contributed by atoms with Crippen molar-refractivity contribution in [2.75, 3.05) is 20.5 Å². The molecule has 1 heterocycles. The van der Waals surface area contributed by atoms with Gasteiger partial charge in [0.25, 0.3) is 9.70 Å². The van der Waals surface area contributed by atoms with Crippen LogP contribution in [0, 0.1) is 0 Å². The molecule has 0 bridgehead atoms. The van der Waals surface area contributed by atoms with Crippen LogP contribution in [0.25, 0.3) is 0 Å². The zero-order valence-electron chi connectivity index (χ0n) is 15.4. The Hall–Kier alpha value is -0.900. The second kappa shape index (κ2) is 10.2. The summed E-state index contributed by atoms with van der Waals surface area (Å²) in [5.74, 6) is -2.54. The Morgan fingerprint density at radius 3 is 2.54 bits per heavy atom. The molecule has 1 aromatic carbocycles. The van der Waals surface area contributed by atoms with E-state index in [1.54, 1.807) is 6.92 Å². The summed E-state index contributed by atoms with van der Waals surface area (Å²) in [6, 6.07) is 9.64. The highest BCUT2D eigenvalue weighted by Gasteiger charge is 2.57. The molecule has 1 fully saturated rings. The van der Waals surface area contributed by atoms with E-state index < -0.39 is 27.9 Å². The van der Waals surface area contributed by atoms with Gasteiger partial charge in [0.05, 0.1) is 20.3 Å². The van der Waals surface area contributed by atoms with Crippen LogP contribution in [0.1, 0.15) is 12.5 Å². The minimum atomic E-state index is -2.06. The van der Waals surface area contributed by atoms with Crippen molar-refractivity contribution < 1.29 is 28.5 Å². The Bertz CT molecular complexity index is 682. The lowest BCUT2D eigenvalue weighted by Gasteiger charge is -2.29. The average molecular weight is 455 g/mol. The van der Waals surface area contributed by atoms with Gasteiger partial charge in [0, 0.05) is 5.57 Å². The van der Waals surface area contributed by atoms with E-state index in [-0.39, 0.29) is 19.0 Å². The first-order valence-corrected chi connectivity index (χ1v) is 9.47. The molecule has 0 spiro atoms. The second-order valence-corrected chi connectivity index (χ2v) is 8.35. The zero-order valence-corrected chi connectivity index (χ0v) is 17.7. The van der Waals surface area contributed by atoms with Crippen LogP contribution in [-0.2, 0) is 35.1 Å². The molecule has 2 N–H and O–H groups in total. The lowest BCUT2D eigenvalue weighted by Crippen LogP contribution is -2.53. The average Bonchev–Trinajstić information content (AvgIpc) is 2.98. The summed E-state index contributed by atoms with van der Waals surface area (Å²) in [7, 11) is 1.27. The molecule has 0 amide bonds. The van der Waals surface area contributed by atoms with Crippen molar-refractivity contribution in [2.45, 2.75) is 35.4 Å². The summed E-state index contributed by atoms with van der Waals surface area (Å²) in [5, 5.41) is 0. The molecule has 0 aromatic heterocycles. The molecule has 0 radical (unpaired) electrons. The summed E-state index contributed by atoms with van der Waals surface area (Å²) in [5.41, 5.74) is 7.23. The molecule has 1 aliphatic rings. The highest BCUT2D eigenvalue weighted by Crippen LogP contribution is 2.44. The summed E-state index contributed by atoms with van der Waals surface area (Å²) < 4.78 is 24.7. The maximum absolute atomic E-state index is 11.7. The van der Waals surface area contributed by atoms with Crippen molar-refractivity contribution in [1.82, 2.24) is 0 Å². The molecular formula is C18H22Cl3NO6. The monoisotopic (exact) mass is 453 g/mol. The maximum Gasteiger partial charge on any atom is 0.333 e. The first-order valence-electron chi connectivity index (χ1n) is 8.33. The number of methoxy groups -OCH3 is 1. The van der Waals surface area contributed by atoms with Crippen LogP contribution < -0.4 is 5.73 Å². The molecule has 0 aliphatic carbocycles. The van der Waals surface area contributed by atoms with E-state index in [1.165, 1.54) is 13.2 Å². The van der Waals surface area contributed by atoms with Gasteiger partial charge in [-0.2, -0.15) is 0 Å². The molecule has 2 rings (SSSR count). The second-order valence-electron chi connectivity index (χ2n) is 6.07. The molecule has 0 saturated carbocycles. The number of benzene rings is 1. The number of hydrogen-bond donors (Lipinski definition) is 1. The molecule has 28 heavy (non-hydrogen) atoms. The topological polar surface area (TPSA) is 89.2 Å². The van der Waals surface area contributed by atoms with Crippen LogP contribution in [0.2, 0.25) is 0 Å². The predicted octanol–water partition coefficient (Wildman–Crippen LogP) is 3.06. The van der Waals surface area contributed by atoms with Crippen LogP contribution in [-0.4, -0.2) is 48.4 Å². The number of esters is 1. The fourth-order valence-electron chi connectivity index (χ4n) is 2.43. The minimum Gasteiger partial charge on any atom is -0.466 e. The highest BCUT2D eigenvalue weighted by molar-refractivity contribution is 6.68. The molecule has 1 aliphatic heterocycles. The van der Waals surface area contributed by atoms with Crippen LogP contribution in [0.4, 0.5) is 0 Å². The summed E-state index contributed by atoms with van der Waals surface area (Å²) in [4.78, 5) is 11.7. The molecule has 156 valence electrons. The molecule has 1 aromatic rings. The first kappa shape index (κ1) is 23.4. The number of hydrogen-bond acceptors (Lipinski definition) is 7. The largest absolute Gasteiger partial charge is 0.466 e. The Balaban J connectivity index is 1.95. The van der Waals surface area contributed by atoms with Gasteiger partial charge >= 0.3 is 5.97 Å². The molecule has 3 atom stereocenters. The summed E-state index contributed by atoms with van der Waals surface area (Å²) in [6.07, 6.45) is -0.0511. The Labute approximate surface area is 178 Å². The number of rotatable bonds is 8. The van der Waals surface area contributed by atoms with E-state index in [2.05, 4.69) is 4.74 Å². The third-order valence-corrected chi connectivity index (χ3v) is 4.67. The van der Waals surface area contributed by atoms with Crippen molar-refractivity contribution in [3.63, 3.8) is 0 Å². The van der Waals surface area contributed by atoms with Gasteiger partial charge < -0.3 is 23.7 Å². The Morgan fingerprint density at radius 2 is 1.93 bits per heavy atom. The van der Waals surface area contributed by atoms with E-state index in [4.69, 9.17) is 59.5 Å². The van der Waals surface area contributed by atoms with Crippen LogP contribution in [0.15, 0.2) is 42.0 Å². The van der Waals surface area contributed by atoms with Crippen molar-refractivity contribution in [3.05, 3.63) is 47.5 Å². The third-order valence-electron chi connectivity index (χ3n) is 3.88. The third kappa shape index (κ3) is 6.30. The number of carbonyl (C=O) groups is 1. The fraction of sp³-hybridized carbons (Fsp3) is 0.500. The summed E-state index contributed by atoms with van der Waals surface area (Å²) in [6.45, 7) is 1.99. The van der Waals surface area contributed by atoms with Gasteiger partial charge in [-0.15, -0.1) is 0 Å². The number of ether oxygens (including phenoxy) is 5. The van der Waals surface area contributed by atoms with E-state index in [9.17, 15) is 4.79 Å². The van der Waals surface area contributed by atoms with E-state index >= 15 is 0 Å². The lowest BCUT2D eigenvalue weighted by molar-refractivity contribution is -0.173. The summed E-state index contributed by atoms with van der Waals surface area (Å²) >= 11 is 17.6. The van der Waals surface area contributed by atoms with Crippen LogP contribution >= 0.6 is 34.8 Å². The molecule has 7 nitrogen and oxygen atoms in total. The quantitative estimate of drug-likeness (QED) is 0.212. The fourth-order valence-corrected chi connectivity index (χ4v) is 2.70. The maximum atomic E-state index is 11.7. The van der Waals surface area contributed by atoms with Gasteiger partial charge in [0.15, 0.2) is 0 Å². The number of carbonyl (C=O) groups excluding carboxylic acids is 1. The van der Waals surface area contributed by atoms with Gasteiger partial charge in [-0.05, 0) is 18.6 Å². The van der Waals surface area contributed by atoms with Crippen LogP contribution in [0.5, 0.6) is 0 Å². The minimum absolute atomic E-state index is 0.00646. The van der Waals surface area contributed by atoms with Crippen molar-refractivity contribution in [3.8, 4) is 0 Å². The Morgan fingerprint density at radius 1 is 1.25 bits per heavy atom. The Kier molecular flexibility index (Phi) is 8.54. The number of nitrogens with two attached hydrogens (primary N) is 1. The molecule has 1 saturated heterocycles. The predicted molar refractivity (Wildman–Crippen MR) is 105 cm³/mol. The zero-order chi connectivity index (χ0) is 20.8. The van der Waals surface area contributed by atoms with Gasteiger partial charge in [0.2, 0.25) is 0 Å². The standard InChI is InChI=1S/C18H22Cl3NO6/c1-12(16(23)24-2)8-14-15(28-18(22,27-14)17(19,20)21)10-26-11-25-9-13-6-4-3-5-7-13/h3-8,14-15H,9-11,22H2,1-2H3/b12-8+/t14?,15-,18+/m1/s1. The van der Waals surface area contributed by atoms with Crippen molar-refractivity contribution >= 4 is 40.8 Å². The van der Waals surface area contributed by atoms with Crippen molar-refractivity contribution in [1.29, 1.82) is 0 Å². The van der Waals surface area contributed by atoms with E-state index in [1.807, 2.05) is 30.3 Å². The normalized spacial score (nSPS) is 25.7. The number of alkyl halides is 3. The first-order chi connectivity index (χ1) is 13.2.